The van der Waals surface area contributed by atoms with E-state index in [4.69, 9.17) is 4.74 Å². The van der Waals surface area contributed by atoms with Crippen molar-refractivity contribution in [2.24, 2.45) is 5.41 Å². The number of methoxy groups -OCH3 is 1. The Balaban J connectivity index is 1.65. The SMILES string of the molecule is COc1cccc([C@@H]2[C@@H](C(=O)c3ccccc3)N3c4ccc5ccccc5c4C=C[C@H]3C2(C#N)C#N)c1. The molecule has 0 radical (unpaired) electrons. The van der Waals surface area contributed by atoms with Gasteiger partial charge in [-0.25, -0.2) is 0 Å². The predicted molar refractivity (Wildman–Crippen MR) is 143 cm³/mol. The molecule has 37 heavy (non-hydrogen) atoms. The fraction of sp³-hybridized carbons (Fsp3) is 0.156. The van der Waals surface area contributed by atoms with Crippen LogP contribution in [0.4, 0.5) is 5.69 Å². The molecule has 0 amide bonds. The van der Waals surface area contributed by atoms with Gasteiger partial charge in [-0.05, 0) is 34.5 Å². The van der Waals surface area contributed by atoms with Crippen LogP contribution in [0.25, 0.3) is 16.8 Å². The summed E-state index contributed by atoms with van der Waals surface area (Å²) >= 11 is 0. The number of ketones is 1. The molecule has 6 rings (SSSR count). The molecule has 4 aromatic carbocycles. The van der Waals surface area contributed by atoms with Crippen LogP contribution in [0.15, 0.2) is 97.1 Å². The first-order valence-corrected chi connectivity index (χ1v) is 12.2. The van der Waals surface area contributed by atoms with E-state index in [1.54, 1.807) is 19.2 Å². The van der Waals surface area contributed by atoms with Crippen molar-refractivity contribution in [1.29, 1.82) is 10.5 Å². The summed E-state index contributed by atoms with van der Waals surface area (Å²) in [5.41, 5.74) is 1.60. The number of hydrogen-bond acceptors (Lipinski definition) is 5. The maximum absolute atomic E-state index is 14.3. The lowest BCUT2D eigenvalue weighted by molar-refractivity contribution is 0.0951. The number of carbonyl (C=O) groups is 1. The Morgan fingerprint density at radius 3 is 2.43 bits per heavy atom. The molecule has 1 fully saturated rings. The molecule has 2 aliphatic rings. The van der Waals surface area contributed by atoms with Crippen LogP contribution in [0.1, 0.15) is 27.4 Å². The molecular formula is C32H23N3O2. The monoisotopic (exact) mass is 481 g/mol. The molecule has 1 saturated heterocycles. The van der Waals surface area contributed by atoms with Gasteiger partial charge in [-0.2, -0.15) is 10.5 Å². The highest BCUT2D eigenvalue weighted by molar-refractivity contribution is 6.06. The molecule has 5 heteroatoms. The van der Waals surface area contributed by atoms with Crippen molar-refractivity contribution in [2.45, 2.75) is 18.0 Å². The van der Waals surface area contributed by atoms with Crippen molar-refractivity contribution < 1.29 is 9.53 Å². The van der Waals surface area contributed by atoms with Gasteiger partial charge in [0.15, 0.2) is 11.2 Å². The van der Waals surface area contributed by atoms with Crippen LogP contribution < -0.4 is 9.64 Å². The first-order valence-electron chi connectivity index (χ1n) is 12.2. The lowest BCUT2D eigenvalue weighted by atomic mass is 9.69. The summed E-state index contributed by atoms with van der Waals surface area (Å²) < 4.78 is 5.48. The smallest absolute Gasteiger partial charge is 0.185 e. The molecule has 0 unspecified atom stereocenters. The molecule has 4 aromatic rings. The largest absolute Gasteiger partial charge is 0.497 e. The fourth-order valence-electron chi connectivity index (χ4n) is 6.03. The zero-order valence-electron chi connectivity index (χ0n) is 20.2. The van der Waals surface area contributed by atoms with Crippen molar-refractivity contribution in [1.82, 2.24) is 0 Å². The van der Waals surface area contributed by atoms with Crippen LogP contribution in [0, 0.1) is 28.1 Å². The molecule has 0 aromatic heterocycles. The Kier molecular flexibility index (Phi) is 5.29. The van der Waals surface area contributed by atoms with Gasteiger partial charge in [0, 0.05) is 22.7 Å². The molecule has 0 bridgehead atoms. The zero-order chi connectivity index (χ0) is 25.6. The van der Waals surface area contributed by atoms with E-state index in [-0.39, 0.29) is 5.78 Å². The van der Waals surface area contributed by atoms with Gasteiger partial charge in [0.2, 0.25) is 0 Å². The average Bonchev–Trinajstić information content (AvgIpc) is 3.28. The quantitative estimate of drug-likeness (QED) is 0.328. The third-order valence-corrected chi connectivity index (χ3v) is 7.69. The summed E-state index contributed by atoms with van der Waals surface area (Å²) in [6.45, 7) is 0. The molecule has 3 atom stereocenters. The van der Waals surface area contributed by atoms with Gasteiger partial charge in [-0.1, -0.05) is 84.9 Å². The maximum atomic E-state index is 14.3. The van der Waals surface area contributed by atoms with Gasteiger partial charge in [0.25, 0.3) is 0 Å². The van der Waals surface area contributed by atoms with E-state index in [0.717, 1.165) is 27.6 Å². The number of ether oxygens (including phenoxy) is 1. The summed E-state index contributed by atoms with van der Waals surface area (Å²) in [5.74, 6) is -0.224. The van der Waals surface area contributed by atoms with Crippen molar-refractivity contribution in [2.75, 3.05) is 12.0 Å². The molecule has 0 saturated carbocycles. The van der Waals surface area contributed by atoms with Crippen molar-refractivity contribution in [3.05, 3.63) is 114 Å². The fourth-order valence-corrected chi connectivity index (χ4v) is 6.03. The Hall–Kier alpha value is -4.87. The second-order valence-electron chi connectivity index (χ2n) is 9.45. The second-order valence-corrected chi connectivity index (χ2v) is 9.45. The number of fused-ring (bicyclic) bond motifs is 5. The summed E-state index contributed by atoms with van der Waals surface area (Å²) in [4.78, 5) is 16.3. The van der Waals surface area contributed by atoms with E-state index in [0.29, 0.717) is 11.3 Å². The van der Waals surface area contributed by atoms with Gasteiger partial charge in [0.05, 0.1) is 25.3 Å². The molecule has 0 spiro atoms. The highest BCUT2D eigenvalue weighted by Crippen LogP contribution is 2.56. The number of nitriles is 2. The Morgan fingerprint density at radius 1 is 0.919 bits per heavy atom. The highest BCUT2D eigenvalue weighted by atomic mass is 16.5. The van der Waals surface area contributed by atoms with E-state index < -0.39 is 23.4 Å². The molecule has 5 nitrogen and oxygen atoms in total. The number of hydrogen-bond donors (Lipinski definition) is 0. The third-order valence-electron chi connectivity index (χ3n) is 7.69. The van der Waals surface area contributed by atoms with E-state index in [1.807, 2.05) is 83.8 Å². The van der Waals surface area contributed by atoms with Crippen LogP contribution in [0.2, 0.25) is 0 Å². The van der Waals surface area contributed by atoms with Gasteiger partial charge in [-0.3, -0.25) is 4.79 Å². The first-order chi connectivity index (χ1) is 18.1. The normalized spacial score (nSPS) is 20.9. The van der Waals surface area contributed by atoms with Gasteiger partial charge in [-0.15, -0.1) is 0 Å². The Morgan fingerprint density at radius 2 is 1.68 bits per heavy atom. The first kappa shape index (κ1) is 22.6. The van der Waals surface area contributed by atoms with E-state index >= 15 is 0 Å². The molecular weight excluding hydrogens is 458 g/mol. The van der Waals surface area contributed by atoms with Crippen molar-refractivity contribution >= 4 is 28.3 Å². The minimum absolute atomic E-state index is 0.125. The molecule has 178 valence electrons. The van der Waals surface area contributed by atoms with Gasteiger partial charge < -0.3 is 9.64 Å². The predicted octanol–water partition coefficient (Wildman–Crippen LogP) is 6.13. The van der Waals surface area contributed by atoms with E-state index in [2.05, 4.69) is 24.3 Å². The molecule has 0 aliphatic carbocycles. The van der Waals surface area contributed by atoms with E-state index in [1.165, 1.54) is 0 Å². The minimum Gasteiger partial charge on any atom is -0.497 e. The summed E-state index contributed by atoms with van der Waals surface area (Å²) in [6.07, 6.45) is 3.92. The molecule has 2 aliphatic heterocycles. The Bertz CT molecular complexity index is 1630. The second kappa shape index (κ2) is 8.66. The number of Topliss-reactive ketones (excluding diaryl/α,β-unsaturated/α-hetero) is 1. The molecule has 0 N–H and O–H groups in total. The number of nitrogens with zero attached hydrogens (tertiary/aromatic N) is 3. The van der Waals surface area contributed by atoms with Crippen LogP contribution in [-0.2, 0) is 0 Å². The molecule has 2 heterocycles. The maximum Gasteiger partial charge on any atom is 0.185 e. The average molecular weight is 482 g/mol. The Labute approximate surface area is 215 Å². The standard InChI is InChI=1S/C32H23N3O2/c1-37-24-12-7-11-23(18-24)29-30(31(36)22-9-3-2-4-10-22)35-27-16-14-21-8-5-6-13-25(21)26(27)15-17-28(35)32(29,19-33)20-34/h2-18,28-30H,1H3/t28-,29+,30-/m0/s1. The number of benzene rings is 4. The number of rotatable bonds is 4. The van der Waals surface area contributed by atoms with E-state index in [9.17, 15) is 15.3 Å². The summed E-state index contributed by atoms with van der Waals surface area (Å²) in [6, 6.07) is 32.0. The van der Waals surface area contributed by atoms with Crippen molar-refractivity contribution in [3.63, 3.8) is 0 Å². The zero-order valence-corrected chi connectivity index (χ0v) is 20.2. The lowest BCUT2D eigenvalue weighted by Crippen LogP contribution is -2.44. The van der Waals surface area contributed by atoms with Crippen LogP contribution in [0.3, 0.4) is 0 Å². The van der Waals surface area contributed by atoms with Crippen LogP contribution in [0.5, 0.6) is 5.75 Å². The van der Waals surface area contributed by atoms with Crippen LogP contribution in [-0.4, -0.2) is 25.0 Å². The van der Waals surface area contributed by atoms with Crippen molar-refractivity contribution in [3.8, 4) is 17.9 Å². The number of anilines is 1. The summed E-state index contributed by atoms with van der Waals surface area (Å²) in [5, 5.41) is 23.4. The third kappa shape index (κ3) is 3.25. The van der Waals surface area contributed by atoms with Gasteiger partial charge >= 0.3 is 0 Å². The summed E-state index contributed by atoms with van der Waals surface area (Å²) in [7, 11) is 1.58. The minimum atomic E-state index is -1.50. The number of carbonyl (C=O) groups excluding carboxylic acids is 1. The topological polar surface area (TPSA) is 77.1 Å². The highest BCUT2D eigenvalue weighted by Gasteiger charge is 2.63. The van der Waals surface area contributed by atoms with Gasteiger partial charge in [0.1, 0.15) is 11.8 Å². The lowest BCUT2D eigenvalue weighted by Gasteiger charge is -2.36. The van der Waals surface area contributed by atoms with Crippen LogP contribution >= 0.6 is 0 Å².